The lowest BCUT2D eigenvalue weighted by Gasteiger charge is -2.01. The highest BCUT2D eigenvalue weighted by Gasteiger charge is 2.09. The molecule has 0 bridgehead atoms. The van der Waals surface area contributed by atoms with Gasteiger partial charge in [-0.25, -0.2) is 5.43 Å². The van der Waals surface area contributed by atoms with Gasteiger partial charge in [0, 0.05) is 0 Å². The Hall–Kier alpha value is -2.08. The molecule has 0 aliphatic carbocycles. The molecule has 2 aromatic rings. The van der Waals surface area contributed by atoms with Crippen LogP contribution in [0.1, 0.15) is 23.0 Å². The van der Waals surface area contributed by atoms with Crippen molar-refractivity contribution in [2.75, 3.05) is 0 Å². The molecule has 0 aliphatic heterocycles. The van der Waals surface area contributed by atoms with Gasteiger partial charge in [0.25, 0.3) is 0 Å². The number of rotatable bonds is 3. The minimum absolute atomic E-state index is 0.175. The van der Waals surface area contributed by atoms with Gasteiger partial charge in [-0.3, -0.25) is 4.79 Å². The predicted molar refractivity (Wildman–Crippen MR) is 74.2 cm³/mol. The van der Waals surface area contributed by atoms with E-state index in [0.717, 1.165) is 5.56 Å². The first kappa shape index (κ1) is 13.4. The number of halogens is 1. The molecule has 0 radical (unpaired) electrons. The molecule has 6 heteroatoms. The lowest BCUT2D eigenvalue weighted by molar-refractivity contribution is 0.0926. The lowest BCUT2D eigenvalue weighted by atomic mass is 10.1. The van der Waals surface area contributed by atoms with Gasteiger partial charge >= 0.3 is 5.91 Å². The Kier molecular flexibility index (Phi) is 4.01. The monoisotopic (exact) mass is 322 g/mol. The van der Waals surface area contributed by atoms with E-state index < -0.39 is 5.91 Å². The number of phenolic OH excluding ortho intramolecular Hbond substituents is 1. The Morgan fingerprint density at radius 2 is 1.95 bits per heavy atom. The first-order valence-corrected chi connectivity index (χ1v) is 6.25. The molecule has 1 aromatic heterocycles. The minimum Gasteiger partial charge on any atom is -0.508 e. The van der Waals surface area contributed by atoms with E-state index in [1.807, 2.05) is 0 Å². The third-order valence-electron chi connectivity index (χ3n) is 2.41. The van der Waals surface area contributed by atoms with E-state index in [0.29, 0.717) is 10.4 Å². The van der Waals surface area contributed by atoms with E-state index in [9.17, 15) is 9.90 Å². The summed E-state index contributed by atoms with van der Waals surface area (Å²) in [6.07, 6.45) is 0. The molecule has 1 heterocycles. The Balaban J connectivity index is 2.06. The zero-order valence-corrected chi connectivity index (χ0v) is 11.6. The molecule has 19 heavy (non-hydrogen) atoms. The van der Waals surface area contributed by atoms with Crippen molar-refractivity contribution in [1.82, 2.24) is 5.43 Å². The first-order chi connectivity index (χ1) is 9.06. The molecule has 0 spiro atoms. The number of hydrazone groups is 1. The standard InChI is InChI=1S/C13H11BrN2O3/c1-8(9-2-4-10(17)5-3-9)15-16-13(18)11-6-7-12(14)19-11/h2-7,17H,1H3,(H,16,18). The van der Waals surface area contributed by atoms with Gasteiger partial charge in [-0.2, -0.15) is 5.10 Å². The van der Waals surface area contributed by atoms with Gasteiger partial charge in [0.05, 0.1) is 5.71 Å². The Bertz CT molecular complexity index is 617. The summed E-state index contributed by atoms with van der Waals surface area (Å²) in [4.78, 5) is 11.7. The van der Waals surface area contributed by atoms with Crippen molar-refractivity contribution in [3.8, 4) is 5.75 Å². The zero-order valence-electron chi connectivity index (χ0n) is 10.1. The summed E-state index contributed by atoms with van der Waals surface area (Å²) >= 11 is 3.12. The summed E-state index contributed by atoms with van der Waals surface area (Å²) in [5.41, 5.74) is 3.83. The molecule has 0 fully saturated rings. The van der Waals surface area contributed by atoms with Crippen LogP contribution < -0.4 is 5.43 Å². The van der Waals surface area contributed by atoms with Crippen LogP contribution >= 0.6 is 15.9 Å². The molecule has 0 saturated carbocycles. The Morgan fingerprint density at radius 1 is 1.26 bits per heavy atom. The molecule has 2 rings (SSSR count). The van der Waals surface area contributed by atoms with Crippen molar-refractivity contribution in [2.24, 2.45) is 5.10 Å². The topological polar surface area (TPSA) is 74.8 Å². The molecule has 0 saturated heterocycles. The third-order valence-corrected chi connectivity index (χ3v) is 2.83. The van der Waals surface area contributed by atoms with Gasteiger partial charge in [0.1, 0.15) is 5.75 Å². The number of amides is 1. The van der Waals surface area contributed by atoms with E-state index in [-0.39, 0.29) is 11.5 Å². The van der Waals surface area contributed by atoms with Gasteiger partial charge < -0.3 is 9.52 Å². The highest BCUT2D eigenvalue weighted by molar-refractivity contribution is 9.10. The fourth-order valence-electron chi connectivity index (χ4n) is 1.39. The van der Waals surface area contributed by atoms with Gasteiger partial charge in [-0.15, -0.1) is 0 Å². The molecule has 0 unspecified atom stereocenters. The van der Waals surface area contributed by atoms with Crippen LogP contribution in [0.2, 0.25) is 0 Å². The predicted octanol–water partition coefficient (Wildman–Crippen LogP) is 2.90. The van der Waals surface area contributed by atoms with Crippen molar-refractivity contribution in [1.29, 1.82) is 0 Å². The van der Waals surface area contributed by atoms with Crippen LogP contribution in [-0.4, -0.2) is 16.7 Å². The van der Waals surface area contributed by atoms with Gasteiger partial charge in [0.15, 0.2) is 10.4 Å². The number of benzene rings is 1. The van der Waals surface area contributed by atoms with Crippen LogP contribution in [0.25, 0.3) is 0 Å². The van der Waals surface area contributed by atoms with E-state index >= 15 is 0 Å². The van der Waals surface area contributed by atoms with Crippen molar-refractivity contribution in [3.05, 3.63) is 52.4 Å². The molecule has 5 nitrogen and oxygen atoms in total. The average molecular weight is 323 g/mol. The lowest BCUT2D eigenvalue weighted by Crippen LogP contribution is -2.18. The maximum absolute atomic E-state index is 11.7. The van der Waals surface area contributed by atoms with Gasteiger partial charge in [0.2, 0.25) is 0 Å². The molecule has 1 aromatic carbocycles. The fraction of sp³-hybridized carbons (Fsp3) is 0.0769. The normalized spacial score (nSPS) is 11.4. The number of aromatic hydroxyl groups is 1. The second-order valence-corrected chi connectivity index (χ2v) is 4.57. The maximum atomic E-state index is 11.7. The number of nitrogens with one attached hydrogen (secondary N) is 1. The Labute approximate surface area is 118 Å². The summed E-state index contributed by atoms with van der Waals surface area (Å²) in [6, 6.07) is 9.71. The van der Waals surface area contributed by atoms with Crippen LogP contribution in [0.4, 0.5) is 0 Å². The Morgan fingerprint density at radius 3 is 2.53 bits per heavy atom. The van der Waals surface area contributed by atoms with Crippen molar-refractivity contribution < 1.29 is 14.3 Å². The zero-order chi connectivity index (χ0) is 13.8. The molecular formula is C13H11BrN2O3. The van der Waals surface area contributed by atoms with E-state index in [2.05, 4.69) is 26.5 Å². The summed E-state index contributed by atoms with van der Waals surface area (Å²) in [5, 5.41) is 13.2. The highest BCUT2D eigenvalue weighted by Crippen LogP contribution is 2.14. The fourth-order valence-corrected chi connectivity index (χ4v) is 1.70. The first-order valence-electron chi connectivity index (χ1n) is 5.45. The van der Waals surface area contributed by atoms with E-state index in [1.165, 1.54) is 0 Å². The number of nitrogens with zero attached hydrogens (tertiary/aromatic N) is 1. The second kappa shape index (κ2) is 5.71. The number of furan rings is 1. The average Bonchev–Trinajstić information content (AvgIpc) is 2.83. The minimum atomic E-state index is -0.427. The molecule has 0 aliphatic rings. The van der Waals surface area contributed by atoms with E-state index in [4.69, 9.17) is 4.42 Å². The number of hydrogen-bond acceptors (Lipinski definition) is 4. The van der Waals surface area contributed by atoms with Crippen LogP contribution in [-0.2, 0) is 0 Å². The smallest absolute Gasteiger partial charge is 0.307 e. The van der Waals surface area contributed by atoms with Gasteiger partial charge in [-0.05, 0) is 64.8 Å². The summed E-state index contributed by atoms with van der Waals surface area (Å²) in [6.45, 7) is 1.75. The quantitative estimate of drug-likeness (QED) is 0.674. The summed E-state index contributed by atoms with van der Waals surface area (Å²) in [7, 11) is 0. The summed E-state index contributed by atoms with van der Waals surface area (Å²) in [5.74, 6) is -0.0704. The number of carbonyl (C=O) groups excluding carboxylic acids is 1. The maximum Gasteiger partial charge on any atom is 0.307 e. The number of phenols is 1. The SMILES string of the molecule is CC(=NNC(=O)c1ccc(Br)o1)c1ccc(O)cc1. The largest absolute Gasteiger partial charge is 0.508 e. The number of hydrogen-bond donors (Lipinski definition) is 2. The molecular weight excluding hydrogens is 312 g/mol. The molecule has 1 amide bonds. The van der Waals surface area contributed by atoms with Crippen LogP contribution in [0, 0.1) is 0 Å². The molecule has 2 N–H and O–H groups in total. The van der Waals surface area contributed by atoms with E-state index in [1.54, 1.807) is 43.3 Å². The highest BCUT2D eigenvalue weighted by atomic mass is 79.9. The van der Waals surface area contributed by atoms with Crippen molar-refractivity contribution >= 4 is 27.5 Å². The third kappa shape index (κ3) is 3.45. The second-order valence-electron chi connectivity index (χ2n) is 3.79. The van der Waals surface area contributed by atoms with Crippen LogP contribution in [0.15, 0.2) is 50.6 Å². The van der Waals surface area contributed by atoms with Gasteiger partial charge in [-0.1, -0.05) is 0 Å². The number of carbonyl (C=O) groups is 1. The summed E-state index contributed by atoms with van der Waals surface area (Å²) < 4.78 is 5.58. The van der Waals surface area contributed by atoms with Crippen molar-refractivity contribution in [2.45, 2.75) is 6.92 Å². The van der Waals surface area contributed by atoms with Crippen molar-refractivity contribution in [3.63, 3.8) is 0 Å². The molecule has 98 valence electrons. The van der Waals surface area contributed by atoms with Crippen LogP contribution in [0.3, 0.4) is 0 Å². The molecule has 0 atom stereocenters. The van der Waals surface area contributed by atoms with Crippen LogP contribution in [0.5, 0.6) is 5.75 Å².